The summed E-state index contributed by atoms with van der Waals surface area (Å²) in [5.41, 5.74) is 0.781. The van der Waals surface area contributed by atoms with E-state index in [1.807, 2.05) is 30.3 Å². The Morgan fingerprint density at radius 3 is 2.90 bits per heavy atom. The Morgan fingerprint density at radius 1 is 1.35 bits per heavy atom. The predicted octanol–water partition coefficient (Wildman–Crippen LogP) is -0.0479. The Labute approximate surface area is 114 Å². The van der Waals surface area contributed by atoms with E-state index >= 15 is 0 Å². The highest BCUT2D eigenvalue weighted by molar-refractivity contribution is 5.77. The number of hydrogen-bond acceptors (Lipinski definition) is 6. The van der Waals surface area contributed by atoms with Crippen molar-refractivity contribution in [1.29, 1.82) is 0 Å². The number of anilines is 1. The van der Waals surface area contributed by atoms with Gasteiger partial charge >= 0.3 is 5.97 Å². The molecule has 8 nitrogen and oxygen atoms in total. The molecule has 0 amide bonds. The number of benzene rings is 1. The van der Waals surface area contributed by atoms with Crippen LogP contribution in [0.5, 0.6) is 0 Å². The summed E-state index contributed by atoms with van der Waals surface area (Å²) in [5.74, 6) is -0.542. The van der Waals surface area contributed by atoms with Gasteiger partial charge in [0.25, 0.3) is 5.95 Å². The highest BCUT2D eigenvalue weighted by atomic mass is 16.5. The van der Waals surface area contributed by atoms with Crippen molar-refractivity contribution in [1.82, 2.24) is 20.2 Å². The van der Waals surface area contributed by atoms with Crippen LogP contribution in [0.2, 0.25) is 0 Å². The summed E-state index contributed by atoms with van der Waals surface area (Å²) in [6, 6.07) is 8.56. The van der Waals surface area contributed by atoms with Crippen LogP contribution >= 0.6 is 0 Å². The second-order valence-electron chi connectivity index (χ2n) is 4.35. The number of rotatable bonds is 3. The van der Waals surface area contributed by atoms with Crippen molar-refractivity contribution in [2.75, 3.05) is 24.7 Å². The zero-order chi connectivity index (χ0) is 13.9. The highest BCUT2D eigenvalue weighted by Gasteiger charge is 2.32. The molecule has 2 aromatic rings. The van der Waals surface area contributed by atoms with E-state index in [9.17, 15) is 9.90 Å². The number of tetrazole rings is 1. The lowest BCUT2D eigenvalue weighted by Gasteiger charge is -2.32. The lowest BCUT2D eigenvalue weighted by atomic mass is 10.2. The fourth-order valence-corrected chi connectivity index (χ4v) is 2.15. The SMILES string of the molecule is O=C(O)C1COCCN1c1nnnn1-c1ccccc1. The van der Waals surface area contributed by atoms with Gasteiger partial charge in [-0.05, 0) is 22.6 Å². The number of carboxylic acids is 1. The number of ether oxygens (including phenoxy) is 1. The Morgan fingerprint density at radius 2 is 2.15 bits per heavy atom. The molecule has 0 saturated carbocycles. The number of carbonyl (C=O) groups is 1. The van der Waals surface area contributed by atoms with E-state index in [2.05, 4.69) is 15.5 Å². The number of morpholine rings is 1. The topological polar surface area (TPSA) is 93.4 Å². The fourth-order valence-electron chi connectivity index (χ4n) is 2.15. The Kier molecular flexibility index (Phi) is 3.30. The molecule has 0 radical (unpaired) electrons. The van der Waals surface area contributed by atoms with Crippen molar-refractivity contribution in [3.05, 3.63) is 30.3 Å². The summed E-state index contributed by atoms with van der Waals surface area (Å²) in [6.45, 7) is 1.01. The first-order chi connectivity index (χ1) is 9.77. The van der Waals surface area contributed by atoms with Gasteiger partial charge in [0.1, 0.15) is 0 Å². The molecule has 1 N–H and O–H groups in total. The smallest absolute Gasteiger partial charge is 0.328 e. The number of aliphatic carboxylic acids is 1. The van der Waals surface area contributed by atoms with E-state index in [1.165, 1.54) is 4.68 Å². The van der Waals surface area contributed by atoms with Crippen LogP contribution in [0.4, 0.5) is 5.95 Å². The predicted molar refractivity (Wildman–Crippen MR) is 68.7 cm³/mol. The van der Waals surface area contributed by atoms with E-state index in [0.717, 1.165) is 5.69 Å². The summed E-state index contributed by atoms with van der Waals surface area (Å²) in [5, 5.41) is 20.8. The van der Waals surface area contributed by atoms with Gasteiger partial charge in [-0.3, -0.25) is 0 Å². The van der Waals surface area contributed by atoms with Gasteiger partial charge in [-0.2, -0.15) is 4.68 Å². The van der Waals surface area contributed by atoms with E-state index in [-0.39, 0.29) is 6.61 Å². The van der Waals surface area contributed by atoms with Crippen molar-refractivity contribution >= 4 is 11.9 Å². The zero-order valence-corrected chi connectivity index (χ0v) is 10.6. The molecule has 1 saturated heterocycles. The van der Waals surface area contributed by atoms with Crippen LogP contribution in [0.25, 0.3) is 5.69 Å². The lowest BCUT2D eigenvalue weighted by Crippen LogP contribution is -2.51. The molecule has 1 aliphatic heterocycles. The van der Waals surface area contributed by atoms with Crippen LogP contribution in [0, 0.1) is 0 Å². The van der Waals surface area contributed by atoms with Gasteiger partial charge in [0, 0.05) is 6.54 Å². The first-order valence-electron chi connectivity index (χ1n) is 6.18. The molecule has 1 fully saturated rings. The molecular formula is C12H13N5O3. The molecule has 8 heteroatoms. The molecular weight excluding hydrogens is 262 g/mol. The number of hydrogen-bond donors (Lipinski definition) is 1. The molecule has 0 spiro atoms. The Hall–Kier alpha value is -2.48. The van der Waals surface area contributed by atoms with Gasteiger partial charge in [-0.25, -0.2) is 4.79 Å². The molecule has 1 atom stereocenters. The molecule has 1 aromatic carbocycles. The van der Waals surface area contributed by atoms with Crippen LogP contribution in [-0.4, -0.2) is 57.1 Å². The van der Waals surface area contributed by atoms with Gasteiger partial charge in [-0.1, -0.05) is 23.3 Å². The standard InChI is InChI=1S/C12H13N5O3/c18-11(19)10-8-20-7-6-16(10)12-13-14-15-17(12)9-4-2-1-3-5-9/h1-5,10H,6-8H2,(H,18,19). The molecule has 0 aliphatic carbocycles. The average Bonchev–Trinajstić information content (AvgIpc) is 2.97. The molecule has 0 bridgehead atoms. The van der Waals surface area contributed by atoms with Crippen LogP contribution in [-0.2, 0) is 9.53 Å². The first-order valence-corrected chi connectivity index (χ1v) is 6.18. The van der Waals surface area contributed by atoms with E-state index in [1.54, 1.807) is 4.90 Å². The van der Waals surface area contributed by atoms with Crippen molar-refractivity contribution < 1.29 is 14.6 Å². The quantitative estimate of drug-likeness (QED) is 0.839. The Balaban J connectivity index is 1.98. The summed E-state index contributed by atoms with van der Waals surface area (Å²) < 4.78 is 6.75. The monoisotopic (exact) mass is 275 g/mol. The summed E-state index contributed by atoms with van der Waals surface area (Å²) in [6.07, 6.45) is 0. The first kappa shape index (κ1) is 12.5. The number of nitrogens with zero attached hydrogens (tertiary/aromatic N) is 5. The highest BCUT2D eigenvalue weighted by Crippen LogP contribution is 2.19. The number of aromatic nitrogens is 4. The van der Waals surface area contributed by atoms with E-state index in [4.69, 9.17) is 4.74 Å². The second-order valence-corrected chi connectivity index (χ2v) is 4.35. The van der Waals surface area contributed by atoms with Crippen LogP contribution < -0.4 is 4.90 Å². The lowest BCUT2D eigenvalue weighted by molar-refractivity contribution is -0.141. The van der Waals surface area contributed by atoms with E-state index in [0.29, 0.717) is 19.1 Å². The summed E-state index contributed by atoms with van der Waals surface area (Å²) >= 11 is 0. The zero-order valence-electron chi connectivity index (χ0n) is 10.6. The minimum absolute atomic E-state index is 0.122. The molecule has 104 valence electrons. The van der Waals surface area contributed by atoms with Crippen LogP contribution in [0.1, 0.15) is 0 Å². The van der Waals surface area contributed by atoms with Crippen LogP contribution in [0.3, 0.4) is 0 Å². The summed E-state index contributed by atoms with van der Waals surface area (Å²) in [7, 11) is 0. The van der Waals surface area contributed by atoms with Crippen molar-refractivity contribution in [3.63, 3.8) is 0 Å². The van der Waals surface area contributed by atoms with Crippen molar-refractivity contribution in [3.8, 4) is 5.69 Å². The largest absolute Gasteiger partial charge is 0.480 e. The maximum Gasteiger partial charge on any atom is 0.328 e. The van der Waals surface area contributed by atoms with E-state index < -0.39 is 12.0 Å². The summed E-state index contributed by atoms with van der Waals surface area (Å²) in [4.78, 5) is 13.0. The second kappa shape index (κ2) is 5.25. The van der Waals surface area contributed by atoms with Gasteiger partial charge in [0.05, 0.1) is 18.9 Å². The van der Waals surface area contributed by atoms with Gasteiger partial charge < -0.3 is 14.7 Å². The molecule has 2 heterocycles. The molecule has 1 aliphatic rings. The normalized spacial score (nSPS) is 19.0. The molecule has 1 aromatic heterocycles. The van der Waals surface area contributed by atoms with Gasteiger partial charge in [0.2, 0.25) is 0 Å². The third kappa shape index (κ3) is 2.21. The van der Waals surface area contributed by atoms with Crippen LogP contribution in [0.15, 0.2) is 30.3 Å². The molecule has 1 unspecified atom stereocenters. The number of para-hydroxylation sites is 1. The molecule has 3 rings (SSSR count). The van der Waals surface area contributed by atoms with Crippen molar-refractivity contribution in [2.45, 2.75) is 6.04 Å². The van der Waals surface area contributed by atoms with Crippen molar-refractivity contribution in [2.24, 2.45) is 0 Å². The maximum atomic E-state index is 11.3. The van der Waals surface area contributed by atoms with Gasteiger partial charge in [0.15, 0.2) is 6.04 Å². The minimum atomic E-state index is -0.952. The average molecular weight is 275 g/mol. The maximum absolute atomic E-state index is 11.3. The third-order valence-electron chi connectivity index (χ3n) is 3.12. The minimum Gasteiger partial charge on any atom is -0.480 e. The molecule has 20 heavy (non-hydrogen) atoms. The number of carboxylic acid groups (broad SMARTS) is 1. The fraction of sp³-hybridized carbons (Fsp3) is 0.333. The van der Waals surface area contributed by atoms with Gasteiger partial charge in [-0.15, -0.1) is 0 Å². The Bertz CT molecular complexity index is 600. The third-order valence-corrected chi connectivity index (χ3v) is 3.12.